The van der Waals surface area contributed by atoms with Crippen molar-refractivity contribution in [2.24, 2.45) is 0 Å². The van der Waals surface area contributed by atoms with Crippen molar-refractivity contribution >= 4 is 32.3 Å². The van der Waals surface area contributed by atoms with Gasteiger partial charge in [0.2, 0.25) is 15.9 Å². The van der Waals surface area contributed by atoms with Crippen LogP contribution in [0, 0.1) is 17.1 Å². The maximum atomic E-state index is 13.5. The zero-order valence-corrected chi connectivity index (χ0v) is 20.1. The first-order valence-corrected chi connectivity index (χ1v) is 12.9. The molecule has 0 bridgehead atoms. The van der Waals surface area contributed by atoms with E-state index in [-0.39, 0.29) is 23.0 Å². The van der Waals surface area contributed by atoms with Gasteiger partial charge in [-0.3, -0.25) is 9.69 Å². The lowest BCUT2D eigenvalue weighted by Gasteiger charge is -2.27. The third-order valence-electron chi connectivity index (χ3n) is 5.65. The number of halogens is 1. The Bertz CT molecular complexity index is 1360. The molecule has 1 aromatic heterocycles. The number of nitrogens with one attached hydrogen (secondary N) is 2. The van der Waals surface area contributed by atoms with Crippen LogP contribution in [-0.4, -0.2) is 32.8 Å². The van der Waals surface area contributed by atoms with Gasteiger partial charge in [0, 0.05) is 30.1 Å². The number of hydrogen-bond acceptors (Lipinski definition) is 6. The van der Waals surface area contributed by atoms with E-state index in [4.69, 9.17) is 0 Å². The molecule has 0 fully saturated rings. The molecule has 0 radical (unpaired) electrons. The van der Waals surface area contributed by atoms with Crippen LogP contribution in [0.3, 0.4) is 0 Å². The van der Waals surface area contributed by atoms with Crippen LogP contribution in [0.4, 0.5) is 9.39 Å². The molecule has 4 rings (SSSR count). The quantitative estimate of drug-likeness (QED) is 0.520. The first kappa shape index (κ1) is 24.0. The molecule has 1 aliphatic rings. The van der Waals surface area contributed by atoms with Crippen LogP contribution in [0.2, 0.25) is 0 Å². The van der Waals surface area contributed by atoms with E-state index in [0.29, 0.717) is 29.2 Å². The van der Waals surface area contributed by atoms with E-state index in [2.05, 4.69) is 21.0 Å². The van der Waals surface area contributed by atoms with Crippen molar-refractivity contribution < 1.29 is 17.6 Å². The van der Waals surface area contributed by atoms with Crippen LogP contribution in [0.25, 0.3) is 0 Å². The maximum absolute atomic E-state index is 13.5. The average Bonchev–Trinajstić information content (AvgIpc) is 3.15. The number of fused-ring (bicyclic) bond motifs is 1. The van der Waals surface area contributed by atoms with E-state index < -0.39 is 10.0 Å². The number of carbonyl (C=O) groups excluding carboxylic acids is 1. The van der Waals surface area contributed by atoms with Crippen molar-refractivity contribution in [2.45, 2.75) is 30.8 Å². The van der Waals surface area contributed by atoms with Gasteiger partial charge in [-0.15, -0.1) is 11.3 Å². The number of sulfonamides is 1. The molecule has 0 saturated carbocycles. The minimum atomic E-state index is -3.54. The largest absolute Gasteiger partial charge is 0.316 e. The molecule has 34 heavy (non-hydrogen) atoms. The highest BCUT2D eigenvalue weighted by Crippen LogP contribution is 2.37. The molecule has 176 valence electrons. The summed E-state index contributed by atoms with van der Waals surface area (Å²) in [5.41, 5.74) is 2.91. The number of anilines is 1. The number of rotatable bonds is 7. The Hall–Kier alpha value is -3.10. The monoisotopic (exact) mass is 498 g/mol. The van der Waals surface area contributed by atoms with Gasteiger partial charge in [-0.2, -0.15) is 5.26 Å². The van der Waals surface area contributed by atoms with Crippen molar-refractivity contribution in [3.8, 4) is 6.07 Å². The Kier molecular flexibility index (Phi) is 7.09. The zero-order chi connectivity index (χ0) is 24.3. The van der Waals surface area contributed by atoms with Gasteiger partial charge >= 0.3 is 0 Å². The molecule has 0 atom stereocenters. The zero-order valence-electron chi connectivity index (χ0n) is 18.5. The molecule has 0 spiro atoms. The van der Waals surface area contributed by atoms with Crippen molar-refractivity contribution in [3.05, 3.63) is 81.5 Å². The summed E-state index contributed by atoms with van der Waals surface area (Å²) in [6.45, 7) is 1.92. The van der Waals surface area contributed by atoms with Gasteiger partial charge in [-0.1, -0.05) is 24.3 Å². The molecule has 0 unspecified atom stereocenters. The van der Waals surface area contributed by atoms with E-state index in [1.54, 1.807) is 18.2 Å². The summed E-state index contributed by atoms with van der Waals surface area (Å²) in [6.07, 6.45) is 0.806. The van der Waals surface area contributed by atoms with Gasteiger partial charge < -0.3 is 5.32 Å². The number of thiophene rings is 1. The predicted molar refractivity (Wildman–Crippen MR) is 128 cm³/mol. The summed E-state index contributed by atoms with van der Waals surface area (Å²) in [5.74, 6) is -0.553. The second-order valence-corrected chi connectivity index (χ2v) is 11.0. The van der Waals surface area contributed by atoms with Gasteiger partial charge in [0.1, 0.15) is 16.9 Å². The van der Waals surface area contributed by atoms with Gasteiger partial charge in [0.25, 0.3) is 0 Å². The SMILES string of the molecule is CNS(=O)(=O)c1ccc(CC(=O)Nc2sc3c(c2C#N)CN(Cc2cccc(F)c2)CC3)cc1. The van der Waals surface area contributed by atoms with Gasteiger partial charge in [-0.25, -0.2) is 17.5 Å². The number of carbonyl (C=O) groups is 1. The van der Waals surface area contributed by atoms with Crippen LogP contribution < -0.4 is 10.0 Å². The fourth-order valence-corrected chi connectivity index (χ4v) is 5.83. The molecule has 7 nitrogen and oxygen atoms in total. The van der Waals surface area contributed by atoms with Gasteiger partial charge in [-0.05, 0) is 48.9 Å². The van der Waals surface area contributed by atoms with E-state index >= 15 is 0 Å². The summed E-state index contributed by atoms with van der Waals surface area (Å²) in [7, 11) is -2.20. The molecule has 2 N–H and O–H groups in total. The molecule has 0 aliphatic carbocycles. The van der Waals surface area contributed by atoms with Crippen molar-refractivity contribution in [1.29, 1.82) is 5.26 Å². The Labute approximate surface area is 201 Å². The van der Waals surface area contributed by atoms with Gasteiger partial charge in [0.15, 0.2) is 0 Å². The topological polar surface area (TPSA) is 102 Å². The summed E-state index contributed by atoms with van der Waals surface area (Å²) in [5, 5.41) is 13.2. The maximum Gasteiger partial charge on any atom is 0.240 e. The van der Waals surface area contributed by atoms with Crippen molar-refractivity contribution in [1.82, 2.24) is 9.62 Å². The standard InChI is InChI=1S/C24H23FN4O3S2/c1-27-34(31,32)19-7-5-16(6-8-19)12-23(30)28-24-20(13-26)21-15-29(10-9-22(21)33-24)14-17-3-2-4-18(25)11-17/h2-8,11,27H,9-10,12,14-15H2,1H3,(H,28,30). The van der Waals surface area contributed by atoms with Crippen LogP contribution >= 0.6 is 11.3 Å². The Balaban J connectivity index is 1.44. The summed E-state index contributed by atoms with van der Waals surface area (Å²) < 4.78 is 39.5. The van der Waals surface area contributed by atoms with Crippen LogP contribution in [0.5, 0.6) is 0 Å². The number of nitriles is 1. The summed E-state index contributed by atoms with van der Waals surface area (Å²) in [6, 6.07) is 14.8. The lowest BCUT2D eigenvalue weighted by Crippen LogP contribution is -2.29. The Morgan fingerprint density at radius 2 is 1.97 bits per heavy atom. The Morgan fingerprint density at radius 3 is 2.65 bits per heavy atom. The number of benzene rings is 2. The van der Waals surface area contributed by atoms with E-state index in [0.717, 1.165) is 29.0 Å². The minimum absolute atomic E-state index is 0.0546. The highest BCUT2D eigenvalue weighted by atomic mass is 32.2. The number of hydrogen-bond donors (Lipinski definition) is 2. The third kappa shape index (κ3) is 5.34. The summed E-state index contributed by atoms with van der Waals surface area (Å²) >= 11 is 1.42. The normalized spacial score (nSPS) is 13.8. The second-order valence-electron chi connectivity index (χ2n) is 7.99. The molecular weight excluding hydrogens is 475 g/mol. The predicted octanol–water partition coefficient (Wildman–Crippen LogP) is 3.41. The molecular formula is C24H23FN4O3S2. The molecule has 3 aromatic rings. The molecule has 0 saturated heterocycles. The lowest BCUT2D eigenvalue weighted by atomic mass is 10.0. The number of nitrogens with zero attached hydrogens (tertiary/aromatic N) is 2. The first-order valence-electron chi connectivity index (χ1n) is 10.6. The van der Waals surface area contributed by atoms with Crippen molar-refractivity contribution in [3.63, 3.8) is 0 Å². The van der Waals surface area contributed by atoms with E-state index in [1.165, 1.54) is 42.6 Å². The van der Waals surface area contributed by atoms with Gasteiger partial charge in [0.05, 0.1) is 16.9 Å². The third-order valence-corrected chi connectivity index (χ3v) is 8.29. The van der Waals surface area contributed by atoms with Crippen molar-refractivity contribution in [2.75, 3.05) is 18.9 Å². The lowest BCUT2D eigenvalue weighted by molar-refractivity contribution is -0.115. The average molecular weight is 499 g/mol. The molecule has 2 heterocycles. The van der Waals surface area contributed by atoms with E-state index in [9.17, 15) is 22.9 Å². The van der Waals surface area contributed by atoms with Crippen LogP contribution in [-0.2, 0) is 40.7 Å². The number of amides is 1. The molecule has 1 aliphatic heterocycles. The second kappa shape index (κ2) is 10.0. The van der Waals surface area contributed by atoms with E-state index in [1.807, 2.05) is 6.07 Å². The molecule has 1 amide bonds. The van der Waals surface area contributed by atoms with Crippen LogP contribution in [0.15, 0.2) is 53.4 Å². The highest BCUT2D eigenvalue weighted by Gasteiger charge is 2.25. The minimum Gasteiger partial charge on any atom is -0.316 e. The fourth-order valence-electron chi connectivity index (χ4n) is 3.94. The Morgan fingerprint density at radius 1 is 1.21 bits per heavy atom. The fraction of sp³-hybridized carbons (Fsp3) is 0.250. The highest BCUT2D eigenvalue weighted by molar-refractivity contribution is 7.89. The molecule has 10 heteroatoms. The van der Waals surface area contributed by atoms with Crippen LogP contribution in [0.1, 0.15) is 27.1 Å². The molecule has 2 aromatic carbocycles. The first-order chi connectivity index (χ1) is 16.3. The smallest absolute Gasteiger partial charge is 0.240 e. The summed E-state index contributed by atoms with van der Waals surface area (Å²) in [4.78, 5) is 16.0.